The SMILES string of the molecule is CN=C(NCC1CN(C)CCO1)NCC(C)Sc1ccccc1.I. The molecule has 2 N–H and O–H groups in total. The minimum Gasteiger partial charge on any atom is -0.374 e. The zero-order chi connectivity index (χ0) is 16.5. The highest BCUT2D eigenvalue weighted by molar-refractivity contribution is 14.0. The molecule has 24 heavy (non-hydrogen) atoms. The largest absolute Gasteiger partial charge is 0.374 e. The maximum absolute atomic E-state index is 5.76. The molecular formula is C17H29IN4OS. The van der Waals surface area contributed by atoms with Gasteiger partial charge in [0.1, 0.15) is 0 Å². The van der Waals surface area contributed by atoms with Gasteiger partial charge in [-0.15, -0.1) is 35.7 Å². The first kappa shape index (κ1) is 21.5. The summed E-state index contributed by atoms with van der Waals surface area (Å²) in [6, 6.07) is 10.5. The molecular weight excluding hydrogens is 435 g/mol. The lowest BCUT2D eigenvalue weighted by atomic mass is 10.3. The van der Waals surface area contributed by atoms with Crippen molar-refractivity contribution in [3.8, 4) is 0 Å². The van der Waals surface area contributed by atoms with E-state index in [1.165, 1.54) is 4.90 Å². The van der Waals surface area contributed by atoms with Gasteiger partial charge in [-0.2, -0.15) is 0 Å². The van der Waals surface area contributed by atoms with Gasteiger partial charge in [-0.1, -0.05) is 25.1 Å². The number of nitrogens with zero attached hydrogens (tertiary/aromatic N) is 2. The van der Waals surface area contributed by atoms with Gasteiger partial charge in [-0.3, -0.25) is 4.99 Å². The van der Waals surface area contributed by atoms with Crippen molar-refractivity contribution in [2.45, 2.75) is 23.2 Å². The molecule has 0 radical (unpaired) electrons. The van der Waals surface area contributed by atoms with Gasteiger partial charge in [0, 0.05) is 43.4 Å². The number of thioether (sulfide) groups is 1. The second kappa shape index (κ2) is 11.9. The number of nitrogens with one attached hydrogen (secondary N) is 2. The van der Waals surface area contributed by atoms with Gasteiger partial charge >= 0.3 is 0 Å². The summed E-state index contributed by atoms with van der Waals surface area (Å²) in [6.07, 6.45) is 0.225. The summed E-state index contributed by atoms with van der Waals surface area (Å²) in [5.41, 5.74) is 0. The van der Waals surface area contributed by atoms with E-state index in [1.807, 2.05) is 17.8 Å². The number of benzene rings is 1. The molecule has 1 aliphatic heterocycles. The fourth-order valence-electron chi connectivity index (χ4n) is 2.43. The Kier molecular flexibility index (Phi) is 10.7. The first-order valence-electron chi connectivity index (χ1n) is 8.13. The van der Waals surface area contributed by atoms with Crippen LogP contribution in [0.3, 0.4) is 0 Å². The molecule has 5 nitrogen and oxygen atoms in total. The van der Waals surface area contributed by atoms with Crippen LogP contribution in [0.1, 0.15) is 6.92 Å². The third-order valence-electron chi connectivity index (χ3n) is 3.70. The predicted molar refractivity (Wildman–Crippen MR) is 114 cm³/mol. The van der Waals surface area contributed by atoms with Gasteiger partial charge in [0.25, 0.3) is 0 Å². The number of aliphatic imine (C=N–C) groups is 1. The zero-order valence-corrected chi connectivity index (χ0v) is 17.8. The molecule has 1 aromatic rings. The molecule has 1 aliphatic rings. The highest BCUT2D eigenvalue weighted by Crippen LogP contribution is 2.21. The Bertz CT molecular complexity index is 489. The van der Waals surface area contributed by atoms with Crippen molar-refractivity contribution in [1.29, 1.82) is 0 Å². The maximum atomic E-state index is 5.76. The highest BCUT2D eigenvalue weighted by atomic mass is 127. The Balaban J connectivity index is 0.00000288. The average molecular weight is 464 g/mol. The molecule has 0 amide bonds. The summed E-state index contributed by atoms with van der Waals surface area (Å²) in [6.45, 7) is 6.65. The van der Waals surface area contributed by atoms with Crippen molar-refractivity contribution in [2.75, 3.05) is 46.9 Å². The van der Waals surface area contributed by atoms with E-state index in [4.69, 9.17) is 4.74 Å². The number of hydrogen-bond acceptors (Lipinski definition) is 4. The molecule has 0 bridgehead atoms. The van der Waals surface area contributed by atoms with E-state index in [0.717, 1.165) is 38.7 Å². The van der Waals surface area contributed by atoms with E-state index in [1.54, 1.807) is 7.05 Å². The van der Waals surface area contributed by atoms with Crippen LogP contribution >= 0.6 is 35.7 Å². The van der Waals surface area contributed by atoms with E-state index >= 15 is 0 Å². The summed E-state index contributed by atoms with van der Waals surface area (Å²) in [5, 5.41) is 7.21. The Morgan fingerprint density at radius 2 is 2.12 bits per heavy atom. The molecule has 0 saturated carbocycles. The van der Waals surface area contributed by atoms with Crippen LogP contribution in [0.2, 0.25) is 0 Å². The molecule has 1 fully saturated rings. The lowest BCUT2D eigenvalue weighted by molar-refractivity contribution is -0.0161. The number of morpholine rings is 1. The van der Waals surface area contributed by atoms with Crippen LogP contribution < -0.4 is 10.6 Å². The minimum atomic E-state index is 0. The fourth-order valence-corrected chi connectivity index (χ4v) is 3.38. The Labute approximate surface area is 167 Å². The van der Waals surface area contributed by atoms with Crippen LogP contribution in [0.5, 0.6) is 0 Å². The summed E-state index contributed by atoms with van der Waals surface area (Å²) < 4.78 is 5.76. The number of likely N-dealkylation sites (N-methyl/N-ethyl adjacent to an activating group) is 1. The number of guanidine groups is 1. The van der Waals surface area contributed by atoms with Gasteiger partial charge in [0.05, 0.1) is 12.7 Å². The lowest BCUT2D eigenvalue weighted by Crippen LogP contribution is -2.48. The van der Waals surface area contributed by atoms with Gasteiger partial charge in [0.15, 0.2) is 5.96 Å². The number of halogens is 1. The number of hydrogen-bond donors (Lipinski definition) is 2. The van der Waals surface area contributed by atoms with E-state index in [2.05, 4.69) is 58.8 Å². The molecule has 136 valence electrons. The quantitative estimate of drug-likeness (QED) is 0.293. The predicted octanol–water partition coefficient (Wildman–Crippen LogP) is 2.28. The van der Waals surface area contributed by atoms with Crippen LogP contribution in [0, 0.1) is 0 Å². The van der Waals surface area contributed by atoms with Gasteiger partial charge in [-0.05, 0) is 19.2 Å². The van der Waals surface area contributed by atoms with Crippen molar-refractivity contribution in [3.05, 3.63) is 30.3 Å². The summed E-state index contributed by atoms with van der Waals surface area (Å²) in [4.78, 5) is 7.88. The van der Waals surface area contributed by atoms with Crippen LogP contribution in [0.4, 0.5) is 0 Å². The van der Waals surface area contributed by atoms with Crippen molar-refractivity contribution in [3.63, 3.8) is 0 Å². The molecule has 2 unspecified atom stereocenters. The van der Waals surface area contributed by atoms with E-state index in [0.29, 0.717) is 5.25 Å². The third-order valence-corrected chi connectivity index (χ3v) is 4.81. The molecule has 0 aromatic heterocycles. The van der Waals surface area contributed by atoms with Gasteiger partial charge < -0.3 is 20.3 Å². The monoisotopic (exact) mass is 464 g/mol. The summed E-state index contributed by atoms with van der Waals surface area (Å²) >= 11 is 1.87. The number of rotatable bonds is 6. The van der Waals surface area contributed by atoms with Crippen LogP contribution in [0.25, 0.3) is 0 Å². The topological polar surface area (TPSA) is 48.9 Å². The van der Waals surface area contributed by atoms with E-state index in [-0.39, 0.29) is 30.1 Å². The smallest absolute Gasteiger partial charge is 0.191 e. The minimum absolute atomic E-state index is 0. The maximum Gasteiger partial charge on any atom is 0.191 e. The van der Waals surface area contributed by atoms with E-state index in [9.17, 15) is 0 Å². The molecule has 0 aliphatic carbocycles. The highest BCUT2D eigenvalue weighted by Gasteiger charge is 2.17. The van der Waals surface area contributed by atoms with Crippen LogP contribution in [-0.2, 0) is 4.74 Å². The van der Waals surface area contributed by atoms with Gasteiger partial charge in [0.2, 0.25) is 0 Å². The first-order chi connectivity index (χ1) is 11.2. The molecule has 1 saturated heterocycles. The second-order valence-corrected chi connectivity index (χ2v) is 7.34. The first-order valence-corrected chi connectivity index (χ1v) is 9.01. The van der Waals surface area contributed by atoms with Crippen molar-refractivity contribution in [1.82, 2.24) is 15.5 Å². The molecule has 0 spiro atoms. The average Bonchev–Trinajstić information content (AvgIpc) is 2.56. The van der Waals surface area contributed by atoms with Crippen LogP contribution in [0.15, 0.2) is 40.2 Å². The van der Waals surface area contributed by atoms with Crippen LogP contribution in [-0.4, -0.2) is 69.1 Å². The Morgan fingerprint density at radius 3 is 2.79 bits per heavy atom. The standard InChI is InChI=1S/C17H28N4OS.HI/c1-14(23-16-7-5-4-6-8-16)11-19-17(18-2)20-12-15-13-21(3)9-10-22-15;/h4-8,14-15H,9-13H2,1-3H3,(H2,18,19,20);1H. The molecule has 1 heterocycles. The van der Waals surface area contributed by atoms with E-state index < -0.39 is 0 Å². The molecule has 7 heteroatoms. The molecule has 1 aromatic carbocycles. The molecule has 2 atom stereocenters. The molecule has 2 rings (SSSR count). The lowest BCUT2D eigenvalue weighted by Gasteiger charge is -2.30. The van der Waals surface area contributed by atoms with Crippen molar-refractivity contribution in [2.24, 2.45) is 4.99 Å². The summed E-state index contributed by atoms with van der Waals surface area (Å²) in [7, 11) is 3.93. The zero-order valence-electron chi connectivity index (χ0n) is 14.7. The Morgan fingerprint density at radius 1 is 1.38 bits per heavy atom. The summed E-state index contributed by atoms with van der Waals surface area (Å²) in [5.74, 6) is 0.835. The fraction of sp³-hybridized carbons (Fsp3) is 0.588. The normalized spacial score (nSPS) is 20.1. The van der Waals surface area contributed by atoms with Gasteiger partial charge in [-0.25, -0.2) is 0 Å². The van der Waals surface area contributed by atoms with Crippen molar-refractivity contribution < 1.29 is 4.74 Å². The number of ether oxygens (including phenoxy) is 1. The second-order valence-electron chi connectivity index (χ2n) is 5.83. The Hall–Kier alpha value is -0.510. The third kappa shape index (κ3) is 8.04. The van der Waals surface area contributed by atoms with Crippen molar-refractivity contribution >= 4 is 41.7 Å².